The predicted molar refractivity (Wildman–Crippen MR) is 166 cm³/mol. The van der Waals surface area contributed by atoms with E-state index in [0.717, 1.165) is 11.1 Å². The highest BCUT2D eigenvalue weighted by molar-refractivity contribution is 5.98. The number of carbonyl (C=O) groups is 4. The summed E-state index contributed by atoms with van der Waals surface area (Å²) < 4.78 is 27.8. The number of esters is 1. The fourth-order valence-electron chi connectivity index (χ4n) is 5.44. The van der Waals surface area contributed by atoms with Gasteiger partial charge in [0.25, 0.3) is 11.8 Å². The number of carbonyl (C=O) groups excluding carboxylic acids is 4. The number of amides is 3. The maximum atomic E-state index is 13.7. The molecule has 2 atom stereocenters. The summed E-state index contributed by atoms with van der Waals surface area (Å²) in [7, 11) is 4.22. The van der Waals surface area contributed by atoms with Crippen molar-refractivity contribution in [1.82, 2.24) is 15.5 Å². The maximum Gasteiger partial charge on any atom is 0.338 e. The molecular weight excluding hydrogens is 594 g/mol. The summed E-state index contributed by atoms with van der Waals surface area (Å²) in [6, 6.07) is 16.6. The summed E-state index contributed by atoms with van der Waals surface area (Å²) in [5.74, 6) is 0.332. The van der Waals surface area contributed by atoms with Crippen molar-refractivity contribution in [3.63, 3.8) is 0 Å². The second kappa shape index (κ2) is 14.7. The zero-order chi connectivity index (χ0) is 32.6. The fourth-order valence-corrected chi connectivity index (χ4v) is 5.44. The third-order valence-electron chi connectivity index (χ3n) is 7.92. The number of aryl methyl sites for hydroxylation is 1. The Kier molecular flexibility index (Phi) is 10.3. The zero-order valence-corrected chi connectivity index (χ0v) is 26.0. The third-order valence-corrected chi connectivity index (χ3v) is 7.92. The van der Waals surface area contributed by atoms with Gasteiger partial charge in [-0.2, -0.15) is 0 Å². The second-order valence-corrected chi connectivity index (χ2v) is 11.0. The van der Waals surface area contributed by atoms with Crippen LogP contribution in [0.4, 0.5) is 0 Å². The van der Waals surface area contributed by atoms with E-state index in [-0.39, 0.29) is 36.1 Å². The smallest absolute Gasteiger partial charge is 0.338 e. The van der Waals surface area contributed by atoms with Gasteiger partial charge >= 0.3 is 5.97 Å². The first kappa shape index (κ1) is 32.1. The van der Waals surface area contributed by atoms with Crippen LogP contribution in [0.2, 0.25) is 0 Å². The molecule has 1 saturated heterocycles. The van der Waals surface area contributed by atoms with E-state index < -0.39 is 24.0 Å². The van der Waals surface area contributed by atoms with Crippen molar-refractivity contribution in [2.45, 2.75) is 38.0 Å². The van der Waals surface area contributed by atoms with Gasteiger partial charge in [-0.25, -0.2) is 4.79 Å². The number of rotatable bonds is 4. The van der Waals surface area contributed by atoms with Crippen LogP contribution in [0.1, 0.15) is 44.7 Å². The number of likely N-dealkylation sites (tertiary alicyclic amines) is 1. The van der Waals surface area contributed by atoms with Gasteiger partial charge < -0.3 is 39.2 Å². The number of ether oxygens (including phenoxy) is 5. The molecule has 242 valence electrons. The van der Waals surface area contributed by atoms with Crippen molar-refractivity contribution < 1.29 is 42.9 Å². The summed E-state index contributed by atoms with van der Waals surface area (Å²) in [5, 5.41) is 5.94. The first-order valence-corrected chi connectivity index (χ1v) is 14.9. The van der Waals surface area contributed by atoms with Crippen LogP contribution in [-0.4, -0.2) is 81.8 Å². The number of methoxy groups -OCH3 is 3. The van der Waals surface area contributed by atoms with Crippen LogP contribution in [0.5, 0.6) is 23.0 Å². The lowest BCUT2D eigenvalue weighted by Crippen LogP contribution is -2.58. The summed E-state index contributed by atoms with van der Waals surface area (Å²) in [4.78, 5) is 53.2. The average Bonchev–Trinajstić information content (AvgIpc) is 3.08. The maximum absolute atomic E-state index is 13.7. The van der Waals surface area contributed by atoms with Crippen LogP contribution in [0, 0.1) is 0 Å². The summed E-state index contributed by atoms with van der Waals surface area (Å²) >= 11 is 0. The van der Waals surface area contributed by atoms with Gasteiger partial charge in [0, 0.05) is 38.0 Å². The second-order valence-electron chi connectivity index (χ2n) is 11.0. The Bertz CT molecular complexity index is 1590. The Labute approximate surface area is 266 Å². The van der Waals surface area contributed by atoms with Crippen molar-refractivity contribution in [2.24, 2.45) is 0 Å². The number of benzene rings is 3. The predicted octanol–water partition coefficient (Wildman–Crippen LogP) is 2.91. The van der Waals surface area contributed by atoms with E-state index in [0.29, 0.717) is 55.4 Å². The lowest BCUT2D eigenvalue weighted by Gasteiger charge is -2.39. The van der Waals surface area contributed by atoms with Gasteiger partial charge in [-0.1, -0.05) is 18.2 Å². The normalized spacial score (nSPS) is 18.6. The Morgan fingerprint density at radius 1 is 0.870 bits per heavy atom. The number of hydrogen-bond donors (Lipinski definition) is 2. The minimum atomic E-state index is -0.595. The molecule has 1 fully saturated rings. The molecule has 0 unspecified atom stereocenters. The van der Waals surface area contributed by atoms with E-state index in [1.54, 1.807) is 23.1 Å². The third kappa shape index (κ3) is 7.87. The van der Waals surface area contributed by atoms with E-state index in [2.05, 4.69) is 10.6 Å². The van der Waals surface area contributed by atoms with E-state index >= 15 is 0 Å². The molecule has 5 aliphatic heterocycles. The van der Waals surface area contributed by atoms with Crippen molar-refractivity contribution in [3.05, 3.63) is 82.9 Å². The topological polar surface area (TPSA) is 142 Å². The Balaban J connectivity index is 1.39. The largest absolute Gasteiger partial charge is 0.497 e. The Hall–Kier alpha value is -5.26. The fraction of sp³-hybridized carbons (Fsp3) is 0.353. The minimum Gasteiger partial charge on any atom is -0.497 e. The first-order chi connectivity index (χ1) is 22.3. The first-order valence-electron chi connectivity index (χ1n) is 14.9. The summed E-state index contributed by atoms with van der Waals surface area (Å²) in [6.45, 7) is 0.547. The monoisotopic (exact) mass is 631 g/mol. The van der Waals surface area contributed by atoms with Crippen LogP contribution in [0.15, 0.2) is 60.7 Å². The summed E-state index contributed by atoms with van der Waals surface area (Å²) in [5.41, 5.74) is 2.24. The van der Waals surface area contributed by atoms with Crippen molar-refractivity contribution in [3.8, 4) is 23.0 Å². The van der Waals surface area contributed by atoms with Crippen molar-refractivity contribution >= 4 is 23.7 Å². The molecule has 0 aromatic heterocycles. The molecule has 3 aromatic carbocycles. The lowest BCUT2D eigenvalue weighted by atomic mass is 10.00. The van der Waals surface area contributed by atoms with Gasteiger partial charge in [0.15, 0.2) is 18.1 Å². The molecule has 8 rings (SSSR count). The SMILES string of the molecule is COC(=O)c1cc(OC)cc(C(=O)N2CC[C@H]3Oc4ccc(cc4)CNC(=O)CCc4ccc(c(OC)c4)OCC(=O)N[C@@H]3C2)c1. The van der Waals surface area contributed by atoms with Crippen LogP contribution < -0.4 is 29.6 Å². The molecular formula is C34H37N3O9. The molecule has 0 saturated carbocycles. The number of piperidine rings is 1. The van der Waals surface area contributed by atoms with Gasteiger partial charge in [0.1, 0.15) is 17.6 Å². The van der Waals surface area contributed by atoms with Gasteiger partial charge in [0.05, 0.1) is 32.9 Å². The van der Waals surface area contributed by atoms with Gasteiger partial charge in [-0.15, -0.1) is 0 Å². The molecule has 0 radical (unpaired) electrons. The van der Waals surface area contributed by atoms with Crippen molar-refractivity contribution in [2.75, 3.05) is 41.0 Å². The zero-order valence-electron chi connectivity index (χ0n) is 26.0. The average molecular weight is 632 g/mol. The highest BCUT2D eigenvalue weighted by Gasteiger charge is 2.35. The van der Waals surface area contributed by atoms with Crippen molar-refractivity contribution in [1.29, 1.82) is 0 Å². The quantitative estimate of drug-likeness (QED) is 0.416. The molecule has 4 bridgehead atoms. The van der Waals surface area contributed by atoms with Crippen LogP contribution in [-0.2, 0) is 27.3 Å². The lowest BCUT2D eigenvalue weighted by molar-refractivity contribution is -0.125. The van der Waals surface area contributed by atoms with Gasteiger partial charge in [-0.05, 0) is 60.0 Å². The Morgan fingerprint density at radius 3 is 2.37 bits per heavy atom. The van der Waals surface area contributed by atoms with Crippen LogP contribution >= 0.6 is 0 Å². The van der Waals surface area contributed by atoms with Crippen LogP contribution in [0.25, 0.3) is 0 Å². The number of hydrogen-bond acceptors (Lipinski definition) is 9. The molecule has 3 aromatic rings. The van der Waals surface area contributed by atoms with E-state index in [9.17, 15) is 19.2 Å². The highest BCUT2D eigenvalue weighted by Crippen LogP contribution is 2.29. The highest BCUT2D eigenvalue weighted by atomic mass is 16.5. The van der Waals surface area contributed by atoms with Crippen LogP contribution in [0.3, 0.4) is 0 Å². The number of nitrogens with one attached hydrogen (secondary N) is 2. The number of nitrogens with zero attached hydrogens (tertiary/aromatic N) is 1. The van der Waals surface area contributed by atoms with E-state index in [1.807, 2.05) is 30.3 Å². The van der Waals surface area contributed by atoms with E-state index in [1.165, 1.54) is 33.5 Å². The molecule has 2 N–H and O–H groups in total. The Morgan fingerprint density at radius 2 is 1.63 bits per heavy atom. The van der Waals surface area contributed by atoms with Gasteiger partial charge in [0.2, 0.25) is 5.91 Å². The molecule has 46 heavy (non-hydrogen) atoms. The van der Waals surface area contributed by atoms with E-state index in [4.69, 9.17) is 23.7 Å². The molecule has 0 spiro atoms. The molecule has 12 nitrogen and oxygen atoms in total. The van der Waals surface area contributed by atoms with Gasteiger partial charge in [-0.3, -0.25) is 14.4 Å². The minimum absolute atomic E-state index is 0.0784. The molecule has 0 aliphatic carbocycles. The standard InChI is InChI=1S/C34H37N3O9/c1-42-26-16-23(15-24(17-26)34(41)44-3)33(40)37-13-12-28-27(19-37)36-32(39)20-45-29-10-6-21(14-30(29)43-2)7-11-31(38)35-18-22-4-8-25(46-28)9-5-22/h4-6,8-10,14-17,27-28H,7,11-13,18-20H2,1-3H3,(H,35,38)(H,36,39)/t27-,28-/m1/s1. The molecule has 5 heterocycles. The molecule has 12 heteroatoms. The molecule has 5 aliphatic rings. The summed E-state index contributed by atoms with van der Waals surface area (Å²) in [6.07, 6.45) is 0.764. The molecule has 3 amide bonds.